The van der Waals surface area contributed by atoms with Crippen LogP contribution in [-0.2, 0) is 16.3 Å². The van der Waals surface area contributed by atoms with Gasteiger partial charge in [0, 0.05) is 6.42 Å². The Morgan fingerprint density at radius 2 is 2.26 bits per heavy atom. The smallest absolute Gasteiger partial charge is 0.150 e. The molecule has 1 saturated heterocycles. The molecule has 102 valence electrons. The minimum atomic E-state index is -2.87. The highest BCUT2D eigenvalue weighted by atomic mass is 32.2. The van der Waals surface area contributed by atoms with Gasteiger partial charge in [-0.2, -0.15) is 0 Å². The fraction of sp³-hybridized carbons (Fsp3) is 0.462. The largest absolute Gasteiger partial charge is 0.385 e. The van der Waals surface area contributed by atoms with Crippen LogP contribution in [0, 0.1) is 5.92 Å². The summed E-state index contributed by atoms with van der Waals surface area (Å²) in [5.74, 6) is 2.26. The minimum absolute atomic E-state index is 0.156. The third-order valence-electron chi connectivity index (χ3n) is 3.68. The Kier molecular flexibility index (Phi) is 2.97. The highest BCUT2D eigenvalue weighted by Crippen LogP contribution is 2.23. The van der Waals surface area contributed by atoms with Gasteiger partial charge in [0.25, 0.3) is 0 Å². The van der Waals surface area contributed by atoms with Crippen molar-refractivity contribution in [3.05, 3.63) is 30.2 Å². The molecule has 0 bridgehead atoms. The number of pyridine rings is 1. The van der Waals surface area contributed by atoms with Gasteiger partial charge in [0.1, 0.15) is 11.6 Å². The number of fused-ring (bicyclic) bond motifs is 1. The van der Waals surface area contributed by atoms with E-state index in [1.807, 2.05) is 22.6 Å². The first-order chi connectivity index (χ1) is 9.05. The Bertz CT molecular complexity index is 706. The van der Waals surface area contributed by atoms with Crippen LogP contribution in [0.1, 0.15) is 18.7 Å². The number of imidazole rings is 1. The molecule has 2 aromatic rings. The van der Waals surface area contributed by atoms with Crippen LogP contribution in [0.5, 0.6) is 0 Å². The molecule has 1 aliphatic heterocycles. The van der Waals surface area contributed by atoms with Gasteiger partial charge in [-0.15, -0.1) is 0 Å². The van der Waals surface area contributed by atoms with E-state index in [0.717, 1.165) is 24.2 Å². The molecular formula is C13H17N3O2S. The van der Waals surface area contributed by atoms with Crippen molar-refractivity contribution in [1.29, 1.82) is 0 Å². The second-order valence-corrected chi connectivity index (χ2v) is 7.44. The van der Waals surface area contributed by atoms with E-state index in [-0.39, 0.29) is 11.7 Å². The summed E-state index contributed by atoms with van der Waals surface area (Å²) in [5, 5.41) is 0. The molecule has 6 heteroatoms. The summed E-state index contributed by atoms with van der Waals surface area (Å²) < 4.78 is 25.2. The van der Waals surface area contributed by atoms with Crippen molar-refractivity contribution in [2.45, 2.75) is 19.3 Å². The number of nitrogens with zero attached hydrogens (tertiary/aromatic N) is 2. The molecule has 2 N–H and O–H groups in total. The molecule has 0 aromatic carbocycles. The van der Waals surface area contributed by atoms with Crippen LogP contribution in [0.3, 0.4) is 0 Å². The van der Waals surface area contributed by atoms with Gasteiger partial charge >= 0.3 is 0 Å². The molecule has 0 amide bonds. The molecule has 0 aliphatic carbocycles. The van der Waals surface area contributed by atoms with Gasteiger partial charge in [0.05, 0.1) is 23.2 Å². The Morgan fingerprint density at radius 3 is 3.05 bits per heavy atom. The van der Waals surface area contributed by atoms with Crippen molar-refractivity contribution in [2.24, 2.45) is 5.92 Å². The first kappa shape index (κ1) is 12.5. The molecule has 3 heterocycles. The van der Waals surface area contributed by atoms with Gasteiger partial charge in [-0.05, 0) is 30.9 Å². The van der Waals surface area contributed by atoms with Crippen molar-refractivity contribution in [3.8, 4) is 0 Å². The Labute approximate surface area is 112 Å². The van der Waals surface area contributed by atoms with Gasteiger partial charge in [-0.25, -0.2) is 13.4 Å². The molecule has 5 nitrogen and oxygen atoms in total. The Hall–Kier alpha value is -1.56. The zero-order valence-corrected chi connectivity index (χ0v) is 11.4. The Balaban J connectivity index is 1.90. The van der Waals surface area contributed by atoms with Crippen molar-refractivity contribution >= 4 is 21.2 Å². The third kappa shape index (κ3) is 2.45. The summed E-state index contributed by atoms with van der Waals surface area (Å²) in [5.41, 5.74) is 6.92. The van der Waals surface area contributed by atoms with Crippen LogP contribution in [0.15, 0.2) is 24.4 Å². The zero-order valence-electron chi connectivity index (χ0n) is 10.6. The maximum absolute atomic E-state index is 11.7. The van der Waals surface area contributed by atoms with Crippen molar-refractivity contribution in [3.63, 3.8) is 0 Å². The van der Waals surface area contributed by atoms with Crippen LogP contribution in [0.4, 0.5) is 5.82 Å². The number of anilines is 1. The van der Waals surface area contributed by atoms with Crippen molar-refractivity contribution in [1.82, 2.24) is 9.38 Å². The van der Waals surface area contributed by atoms with Crippen molar-refractivity contribution < 1.29 is 8.42 Å². The molecular weight excluding hydrogens is 262 g/mol. The molecule has 3 rings (SSSR count). The summed E-state index contributed by atoms with van der Waals surface area (Å²) in [6.45, 7) is 0. The van der Waals surface area contributed by atoms with Gasteiger partial charge in [0.2, 0.25) is 0 Å². The summed E-state index contributed by atoms with van der Waals surface area (Å²) >= 11 is 0. The maximum Gasteiger partial charge on any atom is 0.150 e. The number of hydrogen-bond donors (Lipinski definition) is 1. The molecule has 1 atom stereocenters. The highest BCUT2D eigenvalue weighted by molar-refractivity contribution is 7.91. The summed E-state index contributed by atoms with van der Waals surface area (Å²) in [6, 6.07) is 5.67. The lowest BCUT2D eigenvalue weighted by Crippen LogP contribution is -2.27. The van der Waals surface area contributed by atoms with E-state index < -0.39 is 9.84 Å². The number of aromatic nitrogens is 2. The fourth-order valence-electron chi connectivity index (χ4n) is 2.82. The van der Waals surface area contributed by atoms with E-state index in [1.54, 1.807) is 6.20 Å². The lowest BCUT2D eigenvalue weighted by Gasteiger charge is -2.21. The van der Waals surface area contributed by atoms with E-state index >= 15 is 0 Å². The number of nitrogens with two attached hydrogens (primary N) is 1. The molecule has 2 aromatic heterocycles. The number of nitrogen functional groups attached to an aromatic ring is 1. The molecule has 1 unspecified atom stereocenters. The molecule has 1 fully saturated rings. The number of hydrogen-bond acceptors (Lipinski definition) is 4. The minimum Gasteiger partial charge on any atom is -0.385 e. The summed E-state index contributed by atoms with van der Waals surface area (Å²) in [4.78, 5) is 4.39. The third-order valence-corrected chi connectivity index (χ3v) is 5.57. The predicted octanol–water partition coefficient (Wildman–Crippen LogP) is 1.28. The zero-order chi connectivity index (χ0) is 13.5. The van der Waals surface area contributed by atoms with Gasteiger partial charge in [0.15, 0.2) is 9.84 Å². The average molecular weight is 279 g/mol. The Morgan fingerprint density at radius 1 is 1.42 bits per heavy atom. The molecule has 19 heavy (non-hydrogen) atoms. The second-order valence-electron chi connectivity index (χ2n) is 5.21. The molecule has 1 aliphatic rings. The van der Waals surface area contributed by atoms with E-state index in [4.69, 9.17) is 5.73 Å². The van der Waals surface area contributed by atoms with Crippen LogP contribution in [0.2, 0.25) is 0 Å². The van der Waals surface area contributed by atoms with Gasteiger partial charge < -0.3 is 5.73 Å². The maximum atomic E-state index is 11.7. The second kappa shape index (κ2) is 4.52. The van der Waals surface area contributed by atoms with Gasteiger partial charge in [-0.3, -0.25) is 4.40 Å². The van der Waals surface area contributed by atoms with Crippen LogP contribution in [-0.4, -0.2) is 29.3 Å². The molecule has 0 spiro atoms. The fourth-order valence-corrected chi connectivity index (χ4v) is 4.60. The first-order valence-electron chi connectivity index (χ1n) is 6.46. The monoisotopic (exact) mass is 279 g/mol. The predicted molar refractivity (Wildman–Crippen MR) is 74.7 cm³/mol. The van der Waals surface area contributed by atoms with Crippen LogP contribution >= 0.6 is 0 Å². The number of rotatable bonds is 2. The lowest BCUT2D eigenvalue weighted by molar-refractivity contribution is 0.475. The molecule has 0 radical (unpaired) electrons. The van der Waals surface area contributed by atoms with Crippen molar-refractivity contribution in [2.75, 3.05) is 17.2 Å². The van der Waals surface area contributed by atoms with E-state index in [1.165, 1.54) is 0 Å². The summed E-state index contributed by atoms with van der Waals surface area (Å²) in [6.07, 6.45) is 4.15. The van der Waals surface area contributed by atoms with Gasteiger partial charge in [-0.1, -0.05) is 6.07 Å². The lowest BCUT2D eigenvalue weighted by atomic mass is 10.0. The first-order valence-corrected chi connectivity index (χ1v) is 8.28. The normalized spacial score (nSPS) is 22.6. The standard InChI is InChI=1S/C13H17N3O2S/c14-12-5-1-4-11-8-15-13(16(11)12)7-10-3-2-6-19(17,18)9-10/h1,4-5,8,10H,2-3,6-7,9,14H2. The SMILES string of the molecule is Nc1cccc2cnc(CC3CCCS(=O)(=O)C3)n12. The highest BCUT2D eigenvalue weighted by Gasteiger charge is 2.26. The summed E-state index contributed by atoms with van der Waals surface area (Å²) in [7, 11) is -2.87. The molecule has 0 saturated carbocycles. The van der Waals surface area contributed by atoms with Crippen LogP contribution in [0.25, 0.3) is 5.52 Å². The van der Waals surface area contributed by atoms with E-state index in [9.17, 15) is 8.42 Å². The topological polar surface area (TPSA) is 77.5 Å². The number of sulfone groups is 1. The van der Waals surface area contributed by atoms with E-state index in [2.05, 4.69) is 4.98 Å². The van der Waals surface area contributed by atoms with Crippen LogP contribution < -0.4 is 5.73 Å². The quantitative estimate of drug-likeness (QED) is 0.898. The van der Waals surface area contributed by atoms with E-state index in [0.29, 0.717) is 18.0 Å². The average Bonchev–Trinajstić information content (AvgIpc) is 2.72.